The highest BCUT2D eigenvalue weighted by Gasteiger charge is 2.31. The third-order valence-electron chi connectivity index (χ3n) is 2.89. The molecule has 86 valence electrons. The van der Waals surface area contributed by atoms with Crippen LogP contribution in [0.3, 0.4) is 0 Å². The molecule has 3 nitrogen and oxygen atoms in total. The lowest BCUT2D eigenvalue weighted by Gasteiger charge is -2.38. The van der Waals surface area contributed by atoms with Gasteiger partial charge in [0.05, 0.1) is 6.54 Å². The first kappa shape index (κ1) is 11.1. The highest BCUT2D eigenvalue weighted by molar-refractivity contribution is 5.96. The number of nitrogens with zero attached hydrogens (tertiary/aromatic N) is 1. The van der Waals surface area contributed by atoms with Crippen molar-refractivity contribution in [3.05, 3.63) is 29.8 Å². The molecular weight excluding hydrogens is 200 g/mol. The molecule has 1 aliphatic rings. The Labute approximate surface area is 96.5 Å². The average Bonchev–Trinajstić information content (AvgIpc) is 2.22. The first-order chi connectivity index (χ1) is 7.48. The highest BCUT2D eigenvalue weighted by atomic mass is 16.2. The fourth-order valence-corrected chi connectivity index (χ4v) is 1.98. The second kappa shape index (κ2) is 3.91. The highest BCUT2D eigenvalue weighted by Crippen LogP contribution is 2.21. The summed E-state index contributed by atoms with van der Waals surface area (Å²) < 4.78 is 0. The minimum Gasteiger partial charge on any atom is -0.309 e. The average molecular weight is 218 g/mol. The van der Waals surface area contributed by atoms with Crippen LogP contribution in [0.1, 0.15) is 19.4 Å². The zero-order chi connectivity index (χ0) is 11.8. The minimum atomic E-state index is -0.0162. The van der Waals surface area contributed by atoms with Crippen molar-refractivity contribution in [3.63, 3.8) is 0 Å². The van der Waals surface area contributed by atoms with E-state index < -0.39 is 0 Å². The van der Waals surface area contributed by atoms with Gasteiger partial charge in [-0.1, -0.05) is 12.1 Å². The molecule has 0 atom stereocenters. The molecule has 1 heterocycles. The number of aryl methyl sites for hydroxylation is 1. The molecule has 0 bridgehead atoms. The first-order valence-corrected chi connectivity index (χ1v) is 5.60. The molecular formula is C13H18N2O. The van der Waals surface area contributed by atoms with Gasteiger partial charge < -0.3 is 10.2 Å². The van der Waals surface area contributed by atoms with E-state index in [0.29, 0.717) is 6.54 Å². The van der Waals surface area contributed by atoms with E-state index >= 15 is 0 Å². The Hall–Kier alpha value is -1.35. The topological polar surface area (TPSA) is 32.3 Å². The van der Waals surface area contributed by atoms with Crippen LogP contribution in [0.25, 0.3) is 0 Å². The number of amides is 1. The van der Waals surface area contributed by atoms with E-state index in [4.69, 9.17) is 0 Å². The van der Waals surface area contributed by atoms with Gasteiger partial charge in [0.2, 0.25) is 5.91 Å². The summed E-state index contributed by atoms with van der Waals surface area (Å²) in [6, 6.07) is 8.08. The maximum atomic E-state index is 11.9. The van der Waals surface area contributed by atoms with Gasteiger partial charge in [-0.25, -0.2) is 0 Å². The van der Waals surface area contributed by atoms with Crippen LogP contribution in [0.15, 0.2) is 24.3 Å². The van der Waals surface area contributed by atoms with E-state index in [1.165, 1.54) is 5.56 Å². The summed E-state index contributed by atoms with van der Waals surface area (Å²) in [7, 11) is 0. The number of carbonyl (C=O) groups is 1. The van der Waals surface area contributed by atoms with Gasteiger partial charge in [-0.3, -0.25) is 4.79 Å². The van der Waals surface area contributed by atoms with Gasteiger partial charge in [0, 0.05) is 17.8 Å². The number of benzene rings is 1. The summed E-state index contributed by atoms with van der Waals surface area (Å²) in [5, 5.41) is 3.23. The molecule has 0 radical (unpaired) electrons. The van der Waals surface area contributed by atoms with Crippen LogP contribution >= 0.6 is 0 Å². The van der Waals surface area contributed by atoms with E-state index in [0.717, 1.165) is 12.2 Å². The van der Waals surface area contributed by atoms with Gasteiger partial charge in [0.1, 0.15) is 0 Å². The molecule has 1 aromatic carbocycles. The van der Waals surface area contributed by atoms with Crippen molar-refractivity contribution in [1.29, 1.82) is 0 Å². The Morgan fingerprint density at radius 2 is 2.12 bits per heavy atom. The van der Waals surface area contributed by atoms with Crippen molar-refractivity contribution in [1.82, 2.24) is 5.32 Å². The maximum Gasteiger partial charge on any atom is 0.241 e. The summed E-state index contributed by atoms with van der Waals surface area (Å²) in [5.74, 6) is 0.143. The largest absolute Gasteiger partial charge is 0.309 e. The Morgan fingerprint density at radius 1 is 1.38 bits per heavy atom. The number of anilines is 1. The van der Waals surface area contributed by atoms with E-state index in [9.17, 15) is 4.79 Å². The van der Waals surface area contributed by atoms with E-state index in [1.807, 2.05) is 30.0 Å². The predicted octanol–water partition coefficient (Wildman–Crippen LogP) is 1.71. The fourth-order valence-electron chi connectivity index (χ4n) is 1.98. The van der Waals surface area contributed by atoms with Gasteiger partial charge in [-0.15, -0.1) is 0 Å². The van der Waals surface area contributed by atoms with E-state index in [2.05, 4.69) is 25.2 Å². The molecule has 0 saturated carbocycles. The van der Waals surface area contributed by atoms with Crippen LogP contribution in [0.4, 0.5) is 5.69 Å². The Kier molecular flexibility index (Phi) is 2.72. The zero-order valence-electron chi connectivity index (χ0n) is 10.1. The first-order valence-electron chi connectivity index (χ1n) is 5.60. The molecule has 16 heavy (non-hydrogen) atoms. The number of piperazine rings is 1. The molecule has 0 aromatic heterocycles. The number of hydrogen-bond acceptors (Lipinski definition) is 2. The lowest BCUT2D eigenvalue weighted by Crippen LogP contribution is -2.60. The fraction of sp³-hybridized carbons (Fsp3) is 0.462. The van der Waals surface area contributed by atoms with Crippen molar-refractivity contribution in [2.24, 2.45) is 0 Å². The van der Waals surface area contributed by atoms with Gasteiger partial charge in [-0.2, -0.15) is 0 Å². The minimum absolute atomic E-state index is 0.0162. The standard InChI is InChI=1S/C13H18N2O/c1-10-5-4-6-11(7-10)15-9-13(2,3)14-8-12(15)16/h4-7,14H,8-9H2,1-3H3. The van der Waals surface area contributed by atoms with Crippen LogP contribution in [-0.4, -0.2) is 24.5 Å². The Bertz CT molecular complexity index is 412. The smallest absolute Gasteiger partial charge is 0.241 e. The normalized spacial score (nSPS) is 19.9. The molecule has 2 rings (SSSR count). The van der Waals surface area contributed by atoms with Crippen LogP contribution in [0.2, 0.25) is 0 Å². The third kappa shape index (κ3) is 2.25. The van der Waals surface area contributed by atoms with Crippen molar-refractivity contribution in [2.45, 2.75) is 26.3 Å². The molecule has 1 aromatic rings. The lowest BCUT2D eigenvalue weighted by atomic mass is 10.0. The SMILES string of the molecule is Cc1cccc(N2CC(C)(C)NCC2=O)c1. The Morgan fingerprint density at radius 3 is 2.81 bits per heavy atom. The molecule has 1 aliphatic heterocycles. The summed E-state index contributed by atoms with van der Waals surface area (Å²) in [6.07, 6.45) is 0. The number of nitrogens with one attached hydrogen (secondary N) is 1. The van der Waals surface area contributed by atoms with E-state index in [-0.39, 0.29) is 11.4 Å². The number of carbonyl (C=O) groups excluding carboxylic acids is 1. The molecule has 1 fully saturated rings. The lowest BCUT2D eigenvalue weighted by molar-refractivity contribution is -0.119. The van der Waals surface area contributed by atoms with Crippen molar-refractivity contribution < 1.29 is 4.79 Å². The van der Waals surface area contributed by atoms with Crippen LogP contribution in [0, 0.1) is 6.92 Å². The second-order valence-electron chi connectivity index (χ2n) is 5.06. The predicted molar refractivity (Wildman–Crippen MR) is 65.6 cm³/mol. The number of hydrogen-bond donors (Lipinski definition) is 1. The molecule has 1 N–H and O–H groups in total. The molecule has 3 heteroatoms. The molecule has 1 saturated heterocycles. The van der Waals surface area contributed by atoms with Gasteiger partial charge >= 0.3 is 0 Å². The van der Waals surface area contributed by atoms with Gasteiger partial charge in [0.25, 0.3) is 0 Å². The van der Waals surface area contributed by atoms with Crippen molar-refractivity contribution in [3.8, 4) is 0 Å². The van der Waals surface area contributed by atoms with Crippen molar-refractivity contribution in [2.75, 3.05) is 18.0 Å². The molecule has 1 amide bonds. The zero-order valence-corrected chi connectivity index (χ0v) is 10.1. The van der Waals surface area contributed by atoms with Gasteiger partial charge in [-0.05, 0) is 38.5 Å². The summed E-state index contributed by atoms with van der Waals surface area (Å²) in [6.45, 7) is 7.40. The monoisotopic (exact) mass is 218 g/mol. The van der Waals surface area contributed by atoms with E-state index in [1.54, 1.807) is 0 Å². The number of rotatable bonds is 1. The van der Waals surface area contributed by atoms with Gasteiger partial charge in [0.15, 0.2) is 0 Å². The molecule has 0 unspecified atom stereocenters. The second-order valence-corrected chi connectivity index (χ2v) is 5.06. The van der Waals surface area contributed by atoms with Crippen LogP contribution in [0.5, 0.6) is 0 Å². The molecule has 0 aliphatic carbocycles. The summed E-state index contributed by atoms with van der Waals surface area (Å²) >= 11 is 0. The van der Waals surface area contributed by atoms with Crippen LogP contribution < -0.4 is 10.2 Å². The Balaban J connectivity index is 2.28. The quantitative estimate of drug-likeness (QED) is 0.778. The summed E-state index contributed by atoms with van der Waals surface area (Å²) in [4.78, 5) is 13.7. The summed E-state index contributed by atoms with van der Waals surface area (Å²) in [5.41, 5.74) is 2.17. The van der Waals surface area contributed by atoms with Crippen molar-refractivity contribution >= 4 is 11.6 Å². The third-order valence-corrected chi connectivity index (χ3v) is 2.89. The van der Waals surface area contributed by atoms with Crippen LogP contribution in [-0.2, 0) is 4.79 Å². The maximum absolute atomic E-state index is 11.9. The molecule has 0 spiro atoms.